The molecule has 1 atom stereocenters. The topological polar surface area (TPSA) is 74.5 Å². The van der Waals surface area contributed by atoms with Crippen LogP contribution in [0.15, 0.2) is 42.6 Å². The van der Waals surface area contributed by atoms with Gasteiger partial charge in [-0.15, -0.1) is 0 Å². The molecule has 26 heavy (non-hydrogen) atoms. The van der Waals surface area contributed by atoms with Gasteiger partial charge in [0, 0.05) is 12.1 Å². The third-order valence-corrected chi connectivity index (χ3v) is 4.10. The molecule has 0 aliphatic rings. The third kappa shape index (κ3) is 5.12. The lowest BCUT2D eigenvalue weighted by Crippen LogP contribution is -2.39. The first-order valence-corrected chi connectivity index (χ1v) is 8.86. The molecule has 1 N–H and O–H groups in total. The summed E-state index contributed by atoms with van der Waals surface area (Å²) in [6.07, 6.45) is 4.57. The molecule has 1 unspecified atom stereocenters. The second-order valence-electron chi connectivity index (χ2n) is 6.07. The van der Waals surface area contributed by atoms with E-state index in [4.69, 9.17) is 9.47 Å². The van der Waals surface area contributed by atoms with Crippen molar-refractivity contribution in [2.24, 2.45) is 0 Å². The van der Waals surface area contributed by atoms with E-state index < -0.39 is 5.91 Å². The molecule has 140 valence electrons. The summed E-state index contributed by atoms with van der Waals surface area (Å²) in [5, 5.41) is 14.5. The maximum absolute atomic E-state index is 12.3. The fraction of sp³-hybridized carbons (Fsp3) is 0.400. The summed E-state index contributed by atoms with van der Waals surface area (Å²) in [7, 11) is 1.59. The van der Waals surface area contributed by atoms with Gasteiger partial charge in [-0.25, -0.2) is 0 Å². The van der Waals surface area contributed by atoms with Gasteiger partial charge < -0.3 is 20.0 Å². The average Bonchev–Trinajstić information content (AvgIpc) is 2.65. The molecule has 2 rings (SSSR count). The summed E-state index contributed by atoms with van der Waals surface area (Å²) >= 11 is 0. The van der Waals surface area contributed by atoms with E-state index in [0.717, 1.165) is 24.8 Å². The zero-order valence-corrected chi connectivity index (χ0v) is 15.5. The highest BCUT2D eigenvalue weighted by molar-refractivity contribution is 5.91. The Labute approximate surface area is 154 Å². The van der Waals surface area contributed by atoms with E-state index in [-0.39, 0.29) is 11.7 Å². The summed E-state index contributed by atoms with van der Waals surface area (Å²) in [5.74, 6) is 0.886. The van der Waals surface area contributed by atoms with Crippen molar-refractivity contribution in [3.05, 3.63) is 59.1 Å². The van der Waals surface area contributed by atoms with Gasteiger partial charge in [-0.2, -0.15) is 4.73 Å². The number of ether oxygens (including phenoxy) is 2. The van der Waals surface area contributed by atoms with Crippen LogP contribution in [0.5, 0.6) is 11.5 Å². The Morgan fingerprint density at radius 2 is 2.04 bits per heavy atom. The van der Waals surface area contributed by atoms with Crippen molar-refractivity contribution in [1.29, 1.82) is 0 Å². The molecule has 0 aliphatic carbocycles. The Balaban J connectivity index is 2.05. The minimum Gasteiger partial charge on any atom is -0.618 e. The van der Waals surface area contributed by atoms with Crippen molar-refractivity contribution in [1.82, 2.24) is 5.32 Å². The van der Waals surface area contributed by atoms with Crippen LogP contribution < -0.4 is 19.5 Å². The number of methoxy groups -OCH3 is 1. The first kappa shape index (κ1) is 19.6. The van der Waals surface area contributed by atoms with E-state index in [9.17, 15) is 10.0 Å². The van der Waals surface area contributed by atoms with Crippen LogP contribution in [0.3, 0.4) is 0 Å². The summed E-state index contributed by atoms with van der Waals surface area (Å²) in [6.45, 7) is 4.65. The second kappa shape index (κ2) is 9.65. The first-order valence-electron chi connectivity index (χ1n) is 8.86. The molecule has 1 heterocycles. The molecule has 1 aromatic heterocycles. The SMILES string of the molecule is CCCCCOc1ccc(C(C)NC(=O)c2cccc[n+]2[O-])cc1OC. The van der Waals surface area contributed by atoms with Crippen molar-refractivity contribution in [2.45, 2.75) is 39.2 Å². The molecule has 1 aromatic carbocycles. The van der Waals surface area contributed by atoms with Crippen LogP contribution >= 0.6 is 0 Å². The number of carbonyl (C=O) groups is 1. The fourth-order valence-electron chi connectivity index (χ4n) is 2.56. The zero-order valence-electron chi connectivity index (χ0n) is 15.5. The third-order valence-electron chi connectivity index (χ3n) is 4.10. The number of rotatable bonds is 9. The number of carbonyl (C=O) groups excluding carboxylic acids is 1. The number of amides is 1. The van der Waals surface area contributed by atoms with Gasteiger partial charge in [0.1, 0.15) is 0 Å². The van der Waals surface area contributed by atoms with Gasteiger partial charge in [-0.3, -0.25) is 4.79 Å². The molecule has 0 fully saturated rings. The van der Waals surface area contributed by atoms with Crippen molar-refractivity contribution in [3.8, 4) is 11.5 Å². The maximum Gasteiger partial charge on any atom is 0.317 e. The number of pyridine rings is 1. The summed E-state index contributed by atoms with van der Waals surface area (Å²) in [4.78, 5) is 12.3. The lowest BCUT2D eigenvalue weighted by Gasteiger charge is -2.17. The minimum absolute atomic E-state index is 0.0576. The Morgan fingerprint density at radius 1 is 1.23 bits per heavy atom. The Hall–Kier alpha value is -2.76. The van der Waals surface area contributed by atoms with Crippen LogP contribution in [0, 0.1) is 5.21 Å². The van der Waals surface area contributed by atoms with Gasteiger partial charge in [0.2, 0.25) is 0 Å². The van der Waals surface area contributed by atoms with E-state index in [2.05, 4.69) is 12.2 Å². The second-order valence-corrected chi connectivity index (χ2v) is 6.07. The van der Waals surface area contributed by atoms with Crippen LogP contribution in [-0.2, 0) is 0 Å². The van der Waals surface area contributed by atoms with Crippen LogP contribution in [0.1, 0.15) is 55.2 Å². The standard InChI is InChI=1S/C20H26N2O4/c1-4-5-8-13-26-18-11-10-16(14-19(18)25-3)15(2)21-20(23)17-9-6-7-12-22(17)24/h6-7,9-12,14-15H,4-5,8,13H2,1-3H3,(H,21,23). The van der Waals surface area contributed by atoms with Gasteiger partial charge in [0.05, 0.1) is 19.8 Å². The van der Waals surface area contributed by atoms with E-state index in [1.54, 1.807) is 19.2 Å². The van der Waals surface area contributed by atoms with Gasteiger partial charge in [-0.05, 0) is 37.1 Å². The largest absolute Gasteiger partial charge is 0.618 e. The predicted octanol–water partition coefficient (Wildman–Crippen LogP) is 3.39. The molecular formula is C20H26N2O4. The number of unbranched alkanes of at least 4 members (excludes halogenated alkanes) is 2. The van der Waals surface area contributed by atoms with Crippen molar-refractivity contribution in [2.75, 3.05) is 13.7 Å². The summed E-state index contributed by atoms with van der Waals surface area (Å²) in [6, 6.07) is 10.0. The number of nitrogens with one attached hydrogen (secondary N) is 1. The van der Waals surface area contributed by atoms with Crippen molar-refractivity contribution in [3.63, 3.8) is 0 Å². The predicted molar refractivity (Wildman–Crippen MR) is 99.3 cm³/mol. The highest BCUT2D eigenvalue weighted by Gasteiger charge is 2.19. The number of hydrogen-bond donors (Lipinski definition) is 1. The average molecular weight is 358 g/mol. The molecule has 0 spiro atoms. The Morgan fingerprint density at radius 3 is 2.73 bits per heavy atom. The van der Waals surface area contributed by atoms with Gasteiger partial charge >= 0.3 is 5.91 Å². The Kier molecular flexibility index (Phi) is 7.26. The number of hydrogen-bond acceptors (Lipinski definition) is 4. The van der Waals surface area contributed by atoms with E-state index in [0.29, 0.717) is 22.8 Å². The van der Waals surface area contributed by atoms with Crippen LogP contribution in [0.2, 0.25) is 0 Å². The highest BCUT2D eigenvalue weighted by Crippen LogP contribution is 2.30. The Bertz CT molecular complexity index is 734. The molecule has 6 nitrogen and oxygen atoms in total. The van der Waals surface area contributed by atoms with Gasteiger partial charge in [0.15, 0.2) is 17.7 Å². The van der Waals surface area contributed by atoms with Crippen molar-refractivity contribution < 1.29 is 19.0 Å². The normalized spacial score (nSPS) is 11.7. The van der Waals surface area contributed by atoms with E-state index >= 15 is 0 Å². The molecule has 2 aromatic rings. The molecule has 0 saturated heterocycles. The zero-order chi connectivity index (χ0) is 18.9. The van der Waals surface area contributed by atoms with Gasteiger partial charge in [0.25, 0.3) is 5.69 Å². The highest BCUT2D eigenvalue weighted by atomic mass is 16.5. The van der Waals surface area contributed by atoms with E-state index in [1.807, 2.05) is 25.1 Å². The summed E-state index contributed by atoms with van der Waals surface area (Å²) in [5.41, 5.74) is 0.923. The van der Waals surface area contributed by atoms with E-state index in [1.165, 1.54) is 12.3 Å². The molecule has 0 saturated carbocycles. The van der Waals surface area contributed by atoms with Crippen molar-refractivity contribution >= 4 is 5.91 Å². The molecule has 6 heteroatoms. The number of aromatic nitrogens is 1. The van der Waals surface area contributed by atoms with Gasteiger partial charge in [-0.1, -0.05) is 25.8 Å². The minimum atomic E-state index is -0.424. The smallest absolute Gasteiger partial charge is 0.317 e. The van der Waals surface area contributed by atoms with Crippen LogP contribution in [0.25, 0.3) is 0 Å². The van der Waals surface area contributed by atoms with Crippen LogP contribution in [0.4, 0.5) is 0 Å². The number of benzene rings is 1. The molecule has 0 bridgehead atoms. The van der Waals surface area contributed by atoms with Crippen LogP contribution in [-0.4, -0.2) is 19.6 Å². The molecular weight excluding hydrogens is 332 g/mol. The molecule has 0 radical (unpaired) electrons. The quantitative estimate of drug-likeness (QED) is 0.424. The molecule has 0 aliphatic heterocycles. The lowest BCUT2D eigenvalue weighted by molar-refractivity contribution is -0.607. The summed E-state index contributed by atoms with van der Waals surface area (Å²) < 4.78 is 11.7. The lowest BCUT2D eigenvalue weighted by atomic mass is 10.1. The number of nitrogens with zero attached hydrogens (tertiary/aromatic N) is 1. The first-order chi connectivity index (χ1) is 12.6. The maximum atomic E-state index is 12.3. The fourth-order valence-corrected chi connectivity index (χ4v) is 2.56. The molecule has 1 amide bonds. The monoisotopic (exact) mass is 358 g/mol.